The monoisotopic (exact) mass is 443 g/mol. The second-order valence-electron chi connectivity index (χ2n) is 11.7. The van der Waals surface area contributed by atoms with Gasteiger partial charge >= 0.3 is 0 Å². The van der Waals surface area contributed by atoms with Crippen molar-refractivity contribution in [3.8, 4) is 5.75 Å². The first-order valence-corrected chi connectivity index (χ1v) is 12.7. The molecule has 3 nitrogen and oxygen atoms in total. The molecule has 31 heavy (non-hydrogen) atoms. The number of ether oxygens (including phenoxy) is 1. The fraction of sp³-hybridized carbons (Fsp3) is 0.741. The Morgan fingerprint density at radius 1 is 1.10 bits per heavy atom. The maximum atomic E-state index is 12.5. The Kier molecular flexibility index (Phi) is 5.16. The molecule has 1 aromatic rings. The first kappa shape index (κ1) is 21.6. The lowest BCUT2D eigenvalue weighted by atomic mass is 9.45. The van der Waals surface area contributed by atoms with Crippen LogP contribution in [0.2, 0.25) is 5.02 Å². The minimum absolute atomic E-state index is 0.229. The van der Waals surface area contributed by atoms with Gasteiger partial charge in [-0.25, -0.2) is 0 Å². The number of piperidine rings is 1. The van der Waals surface area contributed by atoms with Gasteiger partial charge in [0.1, 0.15) is 11.9 Å². The highest BCUT2D eigenvalue weighted by Crippen LogP contribution is 2.66. The Labute approximate surface area is 192 Å². The predicted octanol–water partition coefficient (Wildman–Crippen LogP) is 6.51. The molecule has 1 heterocycles. The average molecular weight is 444 g/mol. The molecule has 1 saturated heterocycles. The van der Waals surface area contributed by atoms with E-state index in [1.165, 1.54) is 19.3 Å². The summed E-state index contributed by atoms with van der Waals surface area (Å²) in [7, 11) is 2.05. The molecule has 4 aliphatic rings. The lowest BCUT2D eigenvalue weighted by Crippen LogP contribution is -2.63. The Morgan fingerprint density at radius 2 is 1.84 bits per heavy atom. The number of rotatable bonds is 2. The molecule has 0 aromatic heterocycles. The van der Waals surface area contributed by atoms with Crippen molar-refractivity contribution in [3.05, 3.63) is 28.8 Å². The number of likely N-dealkylation sites (tertiary alicyclic amines) is 1. The van der Waals surface area contributed by atoms with E-state index in [1.807, 2.05) is 13.0 Å². The molecule has 4 fully saturated rings. The summed E-state index contributed by atoms with van der Waals surface area (Å²) in [5.74, 6) is 4.11. The predicted molar refractivity (Wildman–Crippen MR) is 125 cm³/mol. The number of carbonyl (C=O) groups is 1. The molecular formula is C27H38ClNO2. The SMILES string of the molecule is Cc1ccc(OC2CC[C@H]3[C@@H]4C(C)CC5N(C)C(=O)CC[C@]5(C)[C@@H]4CC[C@]23C)cc1Cl. The summed E-state index contributed by atoms with van der Waals surface area (Å²) >= 11 is 6.38. The quantitative estimate of drug-likeness (QED) is 0.521. The number of halogens is 1. The van der Waals surface area contributed by atoms with Crippen LogP contribution in [0, 0.1) is 41.4 Å². The van der Waals surface area contributed by atoms with Crippen molar-refractivity contribution in [2.45, 2.75) is 84.8 Å². The Bertz CT molecular complexity index is 886. The number of benzene rings is 1. The molecule has 5 rings (SSSR count). The maximum absolute atomic E-state index is 12.5. The number of hydrogen-bond acceptors (Lipinski definition) is 2. The third kappa shape index (κ3) is 3.16. The number of hydrogen-bond donors (Lipinski definition) is 0. The second-order valence-corrected chi connectivity index (χ2v) is 12.1. The molecule has 4 heteroatoms. The number of fused-ring (bicyclic) bond motifs is 5. The van der Waals surface area contributed by atoms with Crippen LogP contribution < -0.4 is 4.74 Å². The van der Waals surface area contributed by atoms with E-state index in [2.05, 4.69) is 44.9 Å². The fourth-order valence-electron chi connectivity index (χ4n) is 8.42. The van der Waals surface area contributed by atoms with Crippen molar-refractivity contribution in [2.75, 3.05) is 7.05 Å². The zero-order chi connectivity index (χ0) is 22.1. The largest absolute Gasteiger partial charge is 0.490 e. The molecule has 3 aliphatic carbocycles. The number of aryl methyl sites for hydroxylation is 1. The van der Waals surface area contributed by atoms with E-state index in [1.54, 1.807) is 0 Å². The van der Waals surface area contributed by atoms with Gasteiger partial charge < -0.3 is 9.64 Å². The highest BCUT2D eigenvalue weighted by Gasteiger charge is 2.63. The maximum Gasteiger partial charge on any atom is 0.222 e. The molecule has 0 bridgehead atoms. The van der Waals surface area contributed by atoms with Crippen LogP contribution in [0.15, 0.2) is 18.2 Å². The third-order valence-electron chi connectivity index (χ3n) is 10.3. The summed E-state index contributed by atoms with van der Waals surface area (Å²) < 4.78 is 6.62. The molecule has 0 spiro atoms. The van der Waals surface area contributed by atoms with Crippen molar-refractivity contribution in [3.63, 3.8) is 0 Å². The minimum atomic E-state index is 0.229. The Hall–Kier alpha value is -1.22. The van der Waals surface area contributed by atoms with Crippen LogP contribution in [0.3, 0.4) is 0 Å². The summed E-state index contributed by atoms with van der Waals surface area (Å²) in [5, 5.41) is 0.789. The first-order chi connectivity index (χ1) is 14.6. The molecule has 1 amide bonds. The van der Waals surface area contributed by atoms with Gasteiger partial charge in [0.05, 0.1) is 0 Å². The third-order valence-corrected chi connectivity index (χ3v) is 10.7. The van der Waals surface area contributed by atoms with Gasteiger partial charge in [0.2, 0.25) is 5.91 Å². The van der Waals surface area contributed by atoms with Crippen LogP contribution >= 0.6 is 11.6 Å². The Morgan fingerprint density at radius 3 is 2.58 bits per heavy atom. The molecule has 3 unspecified atom stereocenters. The molecule has 0 N–H and O–H groups in total. The average Bonchev–Trinajstić information content (AvgIpc) is 3.06. The van der Waals surface area contributed by atoms with Crippen LogP contribution in [0.1, 0.15) is 71.3 Å². The van der Waals surface area contributed by atoms with Crippen LogP contribution in [0.4, 0.5) is 0 Å². The van der Waals surface area contributed by atoms with Crippen molar-refractivity contribution in [1.29, 1.82) is 0 Å². The van der Waals surface area contributed by atoms with Gasteiger partial charge in [-0.15, -0.1) is 0 Å². The van der Waals surface area contributed by atoms with Crippen LogP contribution in [0.25, 0.3) is 0 Å². The highest BCUT2D eigenvalue weighted by atomic mass is 35.5. The summed E-state index contributed by atoms with van der Waals surface area (Å²) in [4.78, 5) is 14.6. The van der Waals surface area contributed by atoms with Crippen molar-refractivity contribution >= 4 is 17.5 Å². The van der Waals surface area contributed by atoms with Crippen molar-refractivity contribution in [2.24, 2.45) is 34.5 Å². The van der Waals surface area contributed by atoms with E-state index >= 15 is 0 Å². The van der Waals surface area contributed by atoms with E-state index in [-0.39, 0.29) is 16.9 Å². The van der Waals surface area contributed by atoms with E-state index < -0.39 is 0 Å². The van der Waals surface area contributed by atoms with E-state index in [9.17, 15) is 4.79 Å². The molecule has 170 valence electrons. The molecule has 1 aromatic carbocycles. The second kappa shape index (κ2) is 7.40. The fourth-order valence-corrected chi connectivity index (χ4v) is 8.59. The van der Waals surface area contributed by atoms with Gasteiger partial charge in [0.15, 0.2) is 0 Å². The lowest BCUT2D eigenvalue weighted by molar-refractivity contribution is -0.168. The van der Waals surface area contributed by atoms with E-state index in [0.29, 0.717) is 23.8 Å². The standard InChI is InChI=1S/C27H38ClNO2/c1-16-6-7-18(15-21(16)28)31-23-9-8-19-25-17(2)14-22-26(3,13-11-24(30)29(22)5)20(25)10-12-27(19,23)4/h6-7,15,17,19-20,22-23,25H,8-14H2,1-5H3/t17?,19-,20+,22?,23?,25-,26+,27-/m0/s1. The molecule has 8 atom stereocenters. The molecule has 3 saturated carbocycles. The summed E-state index contributed by atoms with van der Waals surface area (Å²) in [6, 6.07) is 6.54. The smallest absolute Gasteiger partial charge is 0.222 e. The Balaban J connectivity index is 1.41. The molecule has 1 aliphatic heterocycles. The van der Waals surface area contributed by atoms with Gasteiger partial charge in [-0.1, -0.05) is 38.4 Å². The molecular weight excluding hydrogens is 406 g/mol. The summed E-state index contributed by atoms with van der Waals surface area (Å²) in [6.07, 6.45) is 8.13. The van der Waals surface area contributed by atoms with E-state index in [4.69, 9.17) is 16.3 Å². The van der Waals surface area contributed by atoms with Crippen molar-refractivity contribution in [1.82, 2.24) is 4.90 Å². The zero-order valence-electron chi connectivity index (χ0n) is 19.8. The van der Waals surface area contributed by atoms with Gasteiger partial charge in [0, 0.05) is 29.9 Å². The van der Waals surface area contributed by atoms with Gasteiger partial charge in [-0.2, -0.15) is 0 Å². The molecule has 0 radical (unpaired) electrons. The summed E-state index contributed by atoms with van der Waals surface area (Å²) in [5.41, 5.74) is 1.59. The number of carbonyl (C=O) groups excluding carboxylic acids is 1. The number of nitrogens with zero attached hydrogens (tertiary/aromatic N) is 1. The topological polar surface area (TPSA) is 29.5 Å². The normalized spacial score (nSPS) is 44.5. The van der Waals surface area contributed by atoms with E-state index in [0.717, 1.165) is 53.9 Å². The van der Waals surface area contributed by atoms with Crippen LogP contribution in [0.5, 0.6) is 5.75 Å². The lowest BCUT2D eigenvalue weighted by Gasteiger charge is -2.63. The van der Waals surface area contributed by atoms with Gasteiger partial charge in [0.25, 0.3) is 0 Å². The van der Waals surface area contributed by atoms with Crippen molar-refractivity contribution < 1.29 is 9.53 Å². The first-order valence-electron chi connectivity index (χ1n) is 12.3. The highest BCUT2D eigenvalue weighted by molar-refractivity contribution is 6.31. The van der Waals surface area contributed by atoms with Crippen LogP contribution in [-0.4, -0.2) is 30.0 Å². The van der Waals surface area contributed by atoms with Gasteiger partial charge in [-0.05, 0) is 92.2 Å². The minimum Gasteiger partial charge on any atom is -0.490 e. The summed E-state index contributed by atoms with van der Waals surface area (Å²) in [6.45, 7) is 9.50. The number of amides is 1. The zero-order valence-corrected chi connectivity index (χ0v) is 20.5. The van der Waals surface area contributed by atoms with Gasteiger partial charge in [-0.3, -0.25) is 4.79 Å². The van der Waals surface area contributed by atoms with Crippen LogP contribution in [-0.2, 0) is 4.79 Å².